The number of amides is 1. The molecule has 1 amide bonds. The number of halogens is 2. The fourth-order valence-corrected chi connectivity index (χ4v) is 4.08. The molecule has 11 heteroatoms. The quantitative estimate of drug-likeness (QED) is 0.611. The second-order valence-corrected chi connectivity index (χ2v) is 8.13. The van der Waals surface area contributed by atoms with Crippen LogP contribution < -0.4 is 9.46 Å². The van der Waals surface area contributed by atoms with Crippen molar-refractivity contribution in [3.63, 3.8) is 0 Å². The van der Waals surface area contributed by atoms with Crippen LogP contribution in [0.1, 0.15) is 16.1 Å². The van der Waals surface area contributed by atoms with Gasteiger partial charge in [-0.1, -0.05) is 29.3 Å². The van der Waals surface area contributed by atoms with Gasteiger partial charge in [-0.3, -0.25) is 4.79 Å². The Morgan fingerprint density at radius 1 is 1.18 bits per heavy atom. The average Bonchev–Trinajstić information content (AvgIpc) is 3.11. The van der Waals surface area contributed by atoms with Gasteiger partial charge in [0.15, 0.2) is 0 Å². The number of rotatable bonds is 5. The molecule has 146 valence electrons. The second-order valence-electron chi connectivity index (χ2n) is 5.70. The highest BCUT2D eigenvalue weighted by Gasteiger charge is 2.23. The van der Waals surface area contributed by atoms with Crippen LogP contribution in [-0.4, -0.2) is 36.0 Å². The summed E-state index contributed by atoms with van der Waals surface area (Å²) in [4.78, 5) is 20.1. The highest BCUT2D eigenvalue weighted by atomic mass is 35.5. The molecule has 1 N–H and O–H groups in total. The summed E-state index contributed by atoms with van der Waals surface area (Å²) >= 11 is 11.7. The molecule has 8 nitrogen and oxygen atoms in total. The summed E-state index contributed by atoms with van der Waals surface area (Å²) in [5.41, 5.74) is 0.879. The first kappa shape index (κ1) is 20.1. The van der Waals surface area contributed by atoms with Gasteiger partial charge in [0.1, 0.15) is 28.1 Å². The van der Waals surface area contributed by atoms with Crippen LogP contribution in [0.25, 0.3) is 5.69 Å². The fraction of sp³-hybridized carbons (Fsp3) is 0.118. The highest BCUT2D eigenvalue weighted by Crippen LogP contribution is 2.22. The summed E-state index contributed by atoms with van der Waals surface area (Å²) in [5, 5.41) is 0.330. The lowest BCUT2D eigenvalue weighted by atomic mass is 10.2. The van der Waals surface area contributed by atoms with Gasteiger partial charge in [-0.2, -0.15) is 0 Å². The summed E-state index contributed by atoms with van der Waals surface area (Å²) in [5.74, 6) is -0.527. The van der Waals surface area contributed by atoms with Crippen LogP contribution in [-0.2, 0) is 10.0 Å². The molecule has 0 radical (unpaired) electrons. The summed E-state index contributed by atoms with van der Waals surface area (Å²) in [7, 11) is -2.70. The third kappa shape index (κ3) is 4.27. The zero-order valence-electron chi connectivity index (χ0n) is 14.7. The smallest absolute Gasteiger partial charge is 0.285 e. The van der Waals surface area contributed by atoms with Crippen molar-refractivity contribution in [3.05, 3.63) is 64.4 Å². The third-order valence-electron chi connectivity index (χ3n) is 3.77. The van der Waals surface area contributed by atoms with E-state index in [0.717, 1.165) is 0 Å². The molecule has 3 aromatic rings. The molecular weight excluding hydrogens is 427 g/mol. The third-order valence-corrected chi connectivity index (χ3v) is 5.63. The van der Waals surface area contributed by atoms with Crippen LogP contribution in [0.4, 0.5) is 0 Å². The van der Waals surface area contributed by atoms with Crippen molar-refractivity contribution in [2.45, 2.75) is 11.8 Å². The molecule has 2 aromatic heterocycles. The van der Waals surface area contributed by atoms with E-state index >= 15 is 0 Å². The Balaban J connectivity index is 1.86. The van der Waals surface area contributed by atoms with Gasteiger partial charge in [0.25, 0.3) is 15.9 Å². The molecule has 28 heavy (non-hydrogen) atoms. The Labute approximate surface area is 171 Å². The summed E-state index contributed by atoms with van der Waals surface area (Å²) in [6.45, 7) is 1.62. The molecule has 0 saturated carbocycles. The van der Waals surface area contributed by atoms with E-state index in [9.17, 15) is 13.2 Å². The minimum absolute atomic E-state index is 0.0627. The predicted molar refractivity (Wildman–Crippen MR) is 104 cm³/mol. The number of sulfonamides is 1. The Hall–Kier alpha value is -2.62. The minimum atomic E-state index is -4.12. The monoisotopic (exact) mass is 440 g/mol. The average molecular weight is 441 g/mol. The molecule has 0 atom stereocenters. The van der Waals surface area contributed by atoms with Gasteiger partial charge in [-0.15, -0.1) is 0 Å². The number of nitrogens with zero attached hydrogens (tertiary/aromatic N) is 3. The number of imidazole rings is 1. The van der Waals surface area contributed by atoms with Crippen molar-refractivity contribution in [2.75, 3.05) is 7.11 Å². The van der Waals surface area contributed by atoms with Crippen LogP contribution in [0, 0.1) is 6.92 Å². The van der Waals surface area contributed by atoms with Crippen molar-refractivity contribution in [2.24, 2.45) is 0 Å². The number of aromatic nitrogens is 3. The van der Waals surface area contributed by atoms with E-state index in [4.69, 9.17) is 27.9 Å². The Morgan fingerprint density at radius 2 is 1.86 bits per heavy atom. The maximum Gasteiger partial charge on any atom is 0.285 e. The van der Waals surface area contributed by atoms with Gasteiger partial charge in [0.2, 0.25) is 0 Å². The topological polar surface area (TPSA) is 103 Å². The van der Waals surface area contributed by atoms with Crippen LogP contribution in [0.15, 0.2) is 47.8 Å². The molecule has 0 unspecified atom stereocenters. The number of carbonyl (C=O) groups excluding carboxylic acids is 1. The normalized spacial score (nSPS) is 11.3. The van der Waals surface area contributed by atoms with Gasteiger partial charge < -0.3 is 9.30 Å². The number of benzene rings is 1. The zero-order chi connectivity index (χ0) is 20.5. The van der Waals surface area contributed by atoms with Gasteiger partial charge in [0.05, 0.1) is 17.7 Å². The van der Waals surface area contributed by atoms with E-state index in [2.05, 4.69) is 9.97 Å². The number of carbonyl (C=O) groups is 1. The molecule has 1 aromatic carbocycles. The largest absolute Gasteiger partial charge is 0.497 e. The van der Waals surface area contributed by atoms with E-state index in [1.54, 1.807) is 19.1 Å². The van der Waals surface area contributed by atoms with E-state index in [-0.39, 0.29) is 20.9 Å². The molecule has 0 saturated heterocycles. The number of pyridine rings is 1. The van der Waals surface area contributed by atoms with Crippen molar-refractivity contribution in [3.8, 4) is 11.4 Å². The number of hydrogen-bond donors (Lipinski definition) is 1. The number of methoxy groups -OCH3 is 1. The van der Waals surface area contributed by atoms with E-state index in [1.807, 2.05) is 4.72 Å². The lowest BCUT2D eigenvalue weighted by Gasteiger charge is -2.10. The first-order chi connectivity index (χ1) is 13.2. The molecule has 2 heterocycles. The first-order valence-electron chi connectivity index (χ1n) is 7.79. The number of hydrogen-bond acceptors (Lipinski definition) is 6. The summed E-state index contributed by atoms with van der Waals surface area (Å²) in [6.07, 6.45) is 2.69. The van der Waals surface area contributed by atoms with Crippen LogP contribution in [0.3, 0.4) is 0 Å². The molecule has 0 fully saturated rings. The maximum absolute atomic E-state index is 12.6. The fourth-order valence-electron chi connectivity index (χ4n) is 2.41. The van der Waals surface area contributed by atoms with Crippen molar-refractivity contribution in [1.82, 2.24) is 19.3 Å². The molecule has 0 aliphatic heterocycles. The highest BCUT2D eigenvalue weighted by molar-refractivity contribution is 7.90. The number of ether oxygens (including phenoxy) is 1. The molecule has 3 rings (SSSR count). The maximum atomic E-state index is 12.6. The lowest BCUT2D eigenvalue weighted by Crippen LogP contribution is -2.31. The van der Waals surface area contributed by atoms with Crippen molar-refractivity contribution < 1.29 is 17.9 Å². The second kappa shape index (κ2) is 7.78. The number of nitrogens with one attached hydrogen (secondary N) is 1. The number of aryl methyl sites for hydroxylation is 1. The summed E-state index contributed by atoms with van der Waals surface area (Å²) < 4.78 is 33.7. The van der Waals surface area contributed by atoms with Crippen LogP contribution >= 0.6 is 23.2 Å². The van der Waals surface area contributed by atoms with Gasteiger partial charge in [-0.05, 0) is 30.7 Å². The Bertz CT molecular complexity index is 1140. The Kier molecular flexibility index (Phi) is 5.59. The van der Waals surface area contributed by atoms with E-state index in [1.165, 1.54) is 42.4 Å². The molecular formula is C17H14Cl2N4O4S. The molecule has 0 spiro atoms. The van der Waals surface area contributed by atoms with Gasteiger partial charge >= 0.3 is 0 Å². The predicted octanol–water partition coefficient (Wildman–Crippen LogP) is 3.01. The van der Waals surface area contributed by atoms with Gasteiger partial charge in [0, 0.05) is 12.3 Å². The standard InChI is InChI=1S/C17H14Cl2N4O4S/c1-10-3-4-12(27-2)7-14(10)28(25,26)22-17(24)13-8-23(9-20-13)11-5-15(18)21-16(19)6-11/h3-9H,1-2H3,(H,22,24). The van der Waals surface area contributed by atoms with E-state index < -0.39 is 15.9 Å². The Morgan fingerprint density at radius 3 is 2.50 bits per heavy atom. The SMILES string of the molecule is COc1ccc(C)c(S(=O)(=O)NC(=O)c2cn(-c3cc(Cl)nc(Cl)c3)cn2)c1. The molecule has 0 aliphatic rings. The van der Waals surface area contributed by atoms with Gasteiger partial charge in [-0.25, -0.2) is 23.1 Å². The van der Waals surface area contributed by atoms with Crippen LogP contribution in [0.2, 0.25) is 10.3 Å². The molecule has 0 aliphatic carbocycles. The lowest BCUT2D eigenvalue weighted by molar-refractivity contribution is 0.0977. The first-order valence-corrected chi connectivity index (χ1v) is 10.0. The van der Waals surface area contributed by atoms with Crippen molar-refractivity contribution >= 4 is 39.1 Å². The molecule has 0 bridgehead atoms. The van der Waals surface area contributed by atoms with Crippen LogP contribution in [0.5, 0.6) is 5.75 Å². The summed E-state index contributed by atoms with van der Waals surface area (Å²) in [6, 6.07) is 7.59. The van der Waals surface area contributed by atoms with E-state index in [0.29, 0.717) is 17.0 Å². The minimum Gasteiger partial charge on any atom is -0.497 e. The van der Waals surface area contributed by atoms with Crippen molar-refractivity contribution in [1.29, 1.82) is 0 Å². The zero-order valence-corrected chi connectivity index (χ0v) is 17.0.